The van der Waals surface area contributed by atoms with Gasteiger partial charge < -0.3 is 20.3 Å². The maximum absolute atomic E-state index is 10.2. The molecule has 0 saturated carbocycles. The number of rotatable bonds is 8. The van der Waals surface area contributed by atoms with Gasteiger partial charge in [0.2, 0.25) is 0 Å². The number of hydrogen-bond donors (Lipinski definition) is 3. The Bertz CT molecular complexity index is 897. The molecule has 0 spiro atoms. The minimum atomic E-state index is -0.643. The number of aliphatic imine (C=N–C) groups is 1. The first-order valence-electron chi connectivity index (χ1n) is 9.02. The van der Waals surface area contributed by atoms with Crippen LogP contribution in [0.1, 0.15) is 24.3 Å². The first kappa shape index (κ1) is 22.9. The van der Waals surface area contributed by atoms with Crippen molar-refractivity contribution in [1.29, 1.82) is 0 Å². The molecule has 1 atom stereocenters. The molecule has 0 aliphatic rings. The molecular weight excluding hydrogens is 509 g/mol. The third-order valence-corrected chi connectivity index (χ3v) is 5.42. The number of aliphatic hydroxyl groups excluding tert-OH is 1. The topological polar surface area (TPSA) is 74.5 Å². The van der Waals surface area contributed by atoms with Gasteiger partial charge in [0.15, 0.2) is 5.96 Å². The summed E-state index contributed by atoms with van der Waals surface area (Å²) >= 11 is 7.30. The van der Waals surface area contributed by atoms with Crippen molar-refractivity contribution in [3.8, 4) is 0 Å². The average molecular weight is 534 g/mol. The van der Waals surface area contributed by atoms with Gasteiger partial charge in [0.05, 0.1) is 28.2 Å². The maximum Gasteiger partial charge on any atom is 0.191 e. The second kappa shape index (κ2) is 11.6. The quantitative estimate of drug-likeness (QED) is 0.177. The third-order valence-electron chi connectivity index (χ3n) is 4.08. The second-order valence-electron chi connectivity index (χ2n) is 6.08. The fraction of sp³-hybridized carbons (Fsp3) is 0.368. The monoisotopic (exact) mass is 533 g/mol. The first-order valence-corrected chi connectivity index (χ1v) is 10.2. The highest BCUT2D eigenvalue weighted by Crippen LogP contribution is 2.26. The molecule has 0 radical (unpaired) electrons. The number of fused-ring (bicyclic) bond motifs is 1. The normalized spacial score (nSPS) is 12.6. The van der Waals surface area contributed by atoms with Crippen LogP contribution in [0.3, 0.4) is 0 Å². The van der Waals surface area contributed by atoms with E-state index in [2.05, 4.69) is 31.2 Å². The third kappa shape index (κ3) is 6.33. The fourth-order valence-electron chi connectivity index (χ4n) is 2.76. The van der Waals surface area contributed by atoms with E-state index < -0.39 is 6.10 Å². The molecule has 152 valence electrons. The molecule has 0 bridgehead atoms. The Labute approximate surface area is 191 Å². The summed E-state index contributed by atoms with van der Waals surface area (Å²) in [6.45, 7) is 4.73. The van der Waals surface area contributed by atoms with Crippen LogP contribution in [-0.4, -0.2) is 40.3 Å². The van der Waals surface area contributed by atoms with Crippen LogP contribution < -0.4 is 10.6 Å². The number of benzene rings is 1. The number of para-hydroxylation sites is 2. The summed E-state index contributed by atoms with van der Waals surface area (Å²) in [6, 6.07) is 11.8. The van der Waals surface area contributed by atoms with Crippen LogP contribution in [0.15, 0.2) is 47.7 Å². The number of aliphatic hydroxyl groups is 1. The zero-order chi connectivity index (χ0) is 19.1. The van der Waals surface area contributed by atoms with Crippen molar-refractivity contribution in [3.63, 3.8) is 0 Å². The van der Waals surface area contributed by atoms with Crippen LogP contribution in [0.25, 0.3) is 11.0 Å². The van der Waals surface area contributed by atoms with Gasteiger partial charge in [-0.05, 0) is 37.6 Å². The molecule has 2 heterocycles. The Morgan fingerprint density at radius 1 is 1.29 bits per heavy atom. The highest BCUT2D eigenvalue weighted by molar-refractivity contribution is 14.0. The first-order chi connectivity index (χ1) is 13.2. The van der Waals surface area contributed by atoms with Crippen molar-refractivity contribution < 1.29 is 5.11 Å². The Kier molecular flexibility index (Phi) is 9.49. The number of aromatic nitrogens is 2. The van der Waals surface area contributed by atoms with Crippen molar-refractivity contribution in [1.82, 2.24) is 20.2 Å². The predicted molar refractivity (Wildman–Crippen MR) is 128 cm³/mol. The van der Waals surface area contributed by atoms with Crippen molar-refractivity contribution >= 4 is 63.9 Å². The van der Waals surface area contributed by atoms with E-state index in [0.717, 1.165) is 42.0 Å². The molecule has 3 aromatic rings. The van der Waals surface area contributed by atoms with E-state index in [9.17, 15) is 5.11 Å². The van der Waals surface area contributed by atoms with Crippen molar-refractivity contribution in [2.45, 2.75) is 26.0 Å². The van der Waals surface area contributed by atoms with Gasteiger partial charge in [-0.15, -0.1) is 35.3 Å². The number of nitrogens with zero attached hydrogens (tertiary/aromatic N) is 3. The Morgan fingerprint density at radius 2 is 2.11 bits per heavy atom. The molecular formula is C19H25ClIN5OS. The predicted octanol–water partition coefficient (Wildman–Crippen LogP) is 4.05. The van der Waals surface area contributed by atoms with Crippen LogP contribution in [0, 0.1) is 0 Å². The van der Waals surface area contributed by atoms with Gasteiger partial charge in [-0.25, -0.2) is 4.98 Å². The van der Waals surface area contributed by atoms with Gasteiger partial charge >= 0.3 is 0 Å². The lowest BCUT2D eigenvalue weighted by Crippen LogP contribution is -2.38. The molecule has 6 nitrogen and oxygen atoms in total. The molecule has 2 aromatic heterocycles. The van der Waals surface area contributed by atoms with Gasteiger partial charge in [0.25, 0.3) is 0 Å². The number of guanidine groups is 1. The SMILES string of the molecule is CCNC(=NCC(O)c1ccc(Cl)s1)NCCCn1cnc2ccccc21.I. The summed E-state index contributed by atoms with van der Waals surface area (Å²) in [5.41, 5.74) is 2.17. The zero-order valence-electron chi connectivity index (χ0n) is 15.6. The number of nitrogens with one attached hydrogen (secondary N) is 2. The van der Waals surface area contributed by atoms with Gasteiger partial charge in [-0.3, -0.25) is 4.99 Å². The molecule has 1 aromatic carbocycles. The second-order valence-corrected chi connectivity index (χ2v) is 7.83. The molecule has 0 amide bonds. The van der Waals surface area contributed by atoms with E-state index in [1.165, 1.54) is 11.3 Å². The molecule has 0 aliphatic heterocycles. The zero-order valence-corrected chi connectivity index (χ0v) is 19.5. The average Bonchev–Trinajstić information content (AvgIpc) is 3.29. The summed E-state index contributed by atoms with van der Waals surface area (Å²) in [7, 11) is 0. The standard InChI is InChI=1S/C19H24ClN5OS.HI/c1-2-21-19(23-12-16(26)17-8-9-18(20)27-17)22-10-5-11-25-13-24-14-6-3-4-7-15(14)25;/h3-4,6-9,13,16,26H,2,5,10-12H2,1H3,(H2,21,22,23);1H. The van der Waals surface area contributed by atoms with E-state index >= 15 is 0 Å². The lowest BCUT2D eigenvalue weighted by molar-refractivity contribution is 0.191. The van der Waals surface area contributed by atoms with Gasteiger partial charge in [0, 0.05) is 24.5 Å². The highest BCUT2D eigenvalue weighted by atomic mass is 127. The summed E-state index contributed by atoms with van der Waals surface area (Å²) in [6.07, 6.45) is 2.18. The summed E-state index contributed by atoms with van der Waals surface area (Å²) in [5, 5.41) is 16.7. The van der Waals surface area contributed by atoms with Gasteiger partial charge in [-0.1, -0.05) is 23.7 Å². The van der Waals surface area contributed by atoms with Gasteiger partial charge in [-0.2, -0.15) is 0 Å². The van der Waals surface area contributed by atoms with E-state index in [-0.39, 0.29) is 24.0 Å². The molecule has 1 unspecified atom stereocenters. The smallest absolute Gasteiger partial charge is 0.191 e. The molecule has 3 N–H and O–H groups in total. The Hall–Kier alpha value is -1.36. The summed E-state index contributed by atoms with van der Waals surface area (Å²) < 4.78 is 2.83. The van der Waals surface area contributed by atoms with E-state index in [0.29, 0.717) is 16.8 Å². The maximum atomic E-state index is 10.2. The fourth-order valence-corrected chi connectivity index (χ4v) is 3.80. The van der Waals surface area contributed by atoms with Crippen molar-refractivity contribution in [2.75, 3.05) is 19.6 Å². The van der Waals surface area contributed by atoms with Crippen LogP contribution in [0.4, 0.5) is 0 Å². The summed E-state index contributed by atoms with van der Waals surface area (Å²) in [4.78, 5) is 9.71. The molecule has 0 aliphatic carbocycles. The van der Waals surface area contributed by atoms with Crippen LogP contribution in [-0.2, 0) is 6.54 Å². The number of aryl methyl sites for hydroxylation is 1. The van der Waals surface area contributed by atoms with E-state index in [1.807, 2.05) is 37.5 Å². The molecule has 0 saturated heterocycles. The minimum absolute atomic E-state index is 0. The van der Waals surface area contributed by atoms with E-state index in [4.69, 9.17) is 11.6 Å². The largest absolute Gasteiger partial charge is 0.386 e. The number of halogens is 2. The molecule has 0 fully saturated rings. The molecule has 9 heteroatoms. The van der Waals surface area contributed by atoms with Gasteiger partial charge in [0.1, 0.15) is 6.10 Å². The number of imidazole rings is 1. The Balaban J connectivity index is 0.00000280. The van der Waals surface area contributed by atoms with Crippen LogP contribution >= 0.6 is 46.9 Å². The highest BCUT2D eigenvalue weighted by Gasteiger charge is 2.10. The van der Waals surface area contributed by atoms with E-state index in [1.54, 1.807) is 6.07 Å². The Morgan fingerprint density at radius 3 is 2.86 bits per heavy atom. The number of hydrogen-bond acceptors (Lipinski definition) is 4. The minimum Gasteiger partial charge on any atom is -0.386 e. The summed E-state index contributed by atoms with van der Waals surface area (Å²) in [5.74, 6) is 0.703. The lowest BCUT2D eigenvalue weighted by atomic mass is 10.3. The molecule has 3 rings (SSSR count). The molecule has 28 heavy (non-hydrogen) atoms. The van der Waals surface area contributed by atoms with Crippen molar-refractivity contribution in [2.24, 2.45) is 4.99 Å². The number of thiophene rings is 1. The van der Waals surface area contributed by atoms with Crippen LogP contribution in [0.5, 0.6) is 0 Å². The van der Waals surface area contributed by atoms with Crippen molar-refractivity contribution in [3.05, 3.63) is 51.9 Å². The lowest BCUT2D eigenvalue weighted by Gasteiger charge is -2.13. The van der Waals surface area contributed by atoms with Crippen LogP contribution in [0.2, 0.25) is 4.34 Å².